The Hall–Kier alpha value is -1.63. The summed E-state index contributed by atoms with van der Waals surface area (Å²) in [5, 5.41) is 3.06. The van der Waals surface area contributed by atoms with Gasteiger partial charge in [-0.15, -0.1) is 24.0 Å². The Labute approximate surface area is 147 Å². The topological polar surface area (TPSA) is 50.4 Å². The Morgan fingerprint density at radius 2 is 1.77 bits per heavy atom. The Morgan fingerprint density at radius 1 is 1.14 bits per heavy atom. The zero-order chi connectivity index (χ0) is 15.2. The van der Waals surface area contributed by atoms with Crippen molar-refractivity contribution in [3.05, 3.63) is 65.0 Å². The molecule has 0 aliphatic rings. The lowest BCUT2D eigenvalue weighted by Crippen LogP contribution is -2.23. The van der Waals surface area contributed by atoms with E-state index in [1.54, 1.807) is 12.1 Å². The van der Waals surface area contributed by atoms with Gasteiger partial charge in [0.1, 0.15) is 5.82 Å². The standard InChI is InChI=1S/C17H20FN3.HI/c1-12-9-13(2)11-15(10-12)21-17(19)20-8-7-14-5-3-4-6-16(14)18;/h3-6,9-11H,7-8H2,1-2H3,(H3,19,20,21);1H. The van der Waals surface area contributed by atoms with E-state index < -0.39 is 0 Å². The lowest BCUT2D eigenvalue weighted by atomic mass is 10.1. The Morgan fingerprint density at radius 3 is 2.41 bits per heavy atom. The summed E-state index contributed by atoms with van der Waals surface area (Å²) in [5.74, 6) is 0.143. The molecule has 0 unspecified atom stereocenters. The molecule has 0 bridgehead atoms. The van der Waals surface area contributed by atoms with Gasteiger partial charge in [-0.05, 0) is 55.2 Å². The third kappa shape index (κ3) is 5.63. The predicted octanol–water partition coefficient (Wildman–Crippen LogP) is 4.03. The fraction of sp³-hybridized carbons (Fsp3) is 0.235. The summed E-state index contributed by atoms with van der Waals surface area (Å²) in [4.78, 5) is 4.23. The maximum absolute atomic E-state index is 13.5. The monoisotopic (exact) mass is 413 g/mol. The number of aliphatic imine (C=N–C) groups is 1. The Bertz CT molecular complexity index is 636. The second-order valence-electron chi connectivity index (χ2n) is 5.11. The molecule has 0 saturated carbocycles. The second-order valence-corrected chi connectivity index (χ2v) is 5.11. The molecule has 0 spiro atoms. The van der Waals surface area contributed by atoms with Gasteiger partial charge in [0, 0.05) is 12.2 Å². The lowest BCUT2D eigenvalue weighted by molar-refractivity contribution is 0.609. The molecule has 0 fully saturated rings. The second kappa shape index (κ2) is 8.73. The maximum Gasteiger partial charge on any atom is 0.193 e. The van der Waals surface area contributed by atoms with Crippen LogP contribution in [0, 0.1) is 19.7 Å². The number of nitrogens with zero attached hydrogens (tertiary/aromatic N) is 1. The molecule has 2 aromatic rings. The van der Waals surface area contributed by atoms with Crippen molar-refractivity contribution in [2.45, 2.75) is 20.3 Å². The van der Waals surface area contributed by atoms with Crippen LogP contribution in [-0.2, 0) is 6.42 Å². The van der Waals surface area contributed by atoms with Crippen molar-refractivity contribution >= 4 is 35.6 Å². The van der Waals surface area contributed by atoms with Crippen LogP contribution >= 0.6 is 24.0 Å². The van der Waals surface area contributed by atoms with E-state index in [2.05, 4.69) is 16.4 Å². The van der Waals surface area contributed by atoms with Crippen molar-refractivity contribution in [3.8, 4) is 0 Å². The van der Waals surface area contributed by atoms with Crippen molar-refractivity contribution in [3.63, 3.8) is 0 Å². The number of aryl methyl sites for hydroxylation is 2. The third-order valence-electron chi connectivity index (χ3n) is 3.12. The van der Waals surface area contributed by atoms with Crippen LogP contribution in [0.1, 0.15) is 16.7 Å². The lowest BCUT2D eigenvalue weighted by Gasteiger charge is -2.08. The minimum absolute atomic E-state index is 0. The van der Waals surface area contributed by atoms with Gasteiger partial charge >= 0.3 is 0 Å². The first-order valence-corrected chi connectivity index (χ1v) is 6.93. The molecule has 0 radical (unpaired) electrons. The first-order chi connectivity index (χ1) is 10.0. The summed E-state index contributed by atoms with van der Waals surface area (Å²) in [6, 6.07) is 12.8. The quantitative estimate of drug-likeness (QED) is 0.452. The van der Waals surface area contributed by atoms with E-state index in [0.717, 1.165) is 16.8 Å². The summed E-state index contributed by atoms with van der Waals surface area (Å²) in [6.07, 6.45) is 0.530. The Kier molecular flexibility index (Phi) is 7.31. The molecule has 118 valence electrons. The largest absolute Gasteiger partial charge is 0.370 e. The van der Waals surface area contributed by atoms with Gasteiger partial charge in [0.2, 0.25) is 0 Å². The van der Waals surface area contributed by atoms with Crippen LogP contribution in [0.2, 0.25) is 0 Å². The number of nitrogens with two attached hydrogens (primary N) is 1. The fourth-order valence-corrected chi connectivity index (χ4v) is 2.23. The van der Waals surface area contributed by atoms with Crippen molar-refractivity contribution < 1.29 is 4.39 Å². The summed E-state index contributed by atoms with van der Waals surface area (Å²) in [6.45, 7) is 4.51. The molecule has 2 rings (SSSR count). The summed E-state index contributed by atoms with van der Waals surface area (Å²) in [7, 11) is 0. The minimum Gasteiger partial charge on any atom is -0.370 e. The first-order valence-electron chi connectivity index (χ1n) is 6.93. The SMILES string of the molecule is Cc1cc(C)cc(NC(N)=NCCc2ccccc2F)c1.I. The van der Waals surface area contributed by atoms with Crippen molar-refractivity contribution in [2.24, 2.45) is 10.7 Å². The van der Waals surface area contributed by atoms with Crippen LogP contribution in [0.25, 0.3) is 0 Å². The molecule has 0 amide bonds. The number of nitrogens with one attached hydrogen (secondary N) is 1. The number of benzene rings is 2. The highest BCUT2D eigenvalue weighted by atomic mass is 127. The van der Waals surface area contributed by atoms with Crippen LogP contribution in [-0.4, -0.2) is 12.5 Å². The highest BCUT2D eigenvalue weighted by Crippen LogP contribution is 2.13. The molecule has 22 heavy (non-hydrogen) atoms. The number of guanidine groups is 1. The van der Waals surface area contributed by atoms with Crippen LogP contribution < -0.4 is 11.1 Å². The highest BCUT2D eigenvalue weighted by molar-refractivity contribution is 14.0. The zero-order valence-corrected chi connectivity index (χ0v) is 15.1. The van der Waals surface area contributed by atoms with Crippen LogP contribution in [0.15, 0.2) is 47.5 Å². The number of halogens is 2. The summed E-state index contributed by atoms with van der Waals surface area (Å²) < 4.78 is 13.5. The normalized spacial score (nSPS) is 11.0. The van der Waals surface area contributed by atoms with E-state index in [1.807, 2.05) is 32.0 Å². The molecule has 0 aromatic heterocycles. The van der Waals surface area contributed by atoms with Gasteiger partial charge in [0.05, 0.1) is 0 Å². The van der Waals surface area contributed by atoms with Crippen LogP contribution in [0.4, 0.5) is 10.1 Å². The smallest absolute Gasteiger partial charge is 0.193 e. The van der Waals surface area contributed by atoms with Crippen molar-refractivity contribution in [2.75, 3.05) is 11.9 Å². The molecule has 0 saturated heterocycles. The van der Waals surface area contributed by atoms with Crippen LogP contribution in [0.3, 0.4) is 0 Å². The average Bonchev–Trinajstić information content (AvgIpc) is 2.39. The van der Waals surface area contributed by atoms with E-state index in [1.165, 1.54) is 6.07 Å². The molecule has 5 heteroatoms. The maximum atomic E-state index is 13.5. The van der Waals surface area contributed by atoms with E-state index in [4.69, 9.17) is 5.73 Å². The van der Waals surface area contributed by atoms with E-state index in [9.17, 15) is 4.39 Å². The fourth-order valence-electron chi connectivity index (χ4n) is 2.23. The average molecular weight is 413 g/mol. The van der Waals surface area contributed by atoms with E-state index in [0.29, 0.717) is 24.5 Å². The third-order valence-corrected chi connectivity index (χ3v) is 3.12. The zero-order valence-electron chi connectivity index (χ0n) is 12.8. The van der Waals surface area contributed by atoms with Crippen LogP contribution in [0.5, 0.6) is 0 Å². The number of hydrogen-bond donors (Lipinski definition) is 2. The van der Waals surface area contributed by atoms with Crippen molar-refractivity contribution in [1.82, 2.24) is 0 Å². The van der Waals surface area contributed by atoms with E-state index >= 15 is 0 Å². The first kappa shape index (κ1) is 18.4. The van der Waals surface area contributed by atoms with Crippen molar-refractivity contribution in [1.29, 1.82) is 0 Å². The molecule has 0 aliphatic carbocycles. The minimum atomic E-state index is -0.200. The molecule has 0 aliphatic heterocycles. The molecular weight excluding hydrogens is 392 g/mol. The number of hydrogen-bond acceptors (Lipinski definition) is 1. The molecule has 3 nitrogen and oxygen atoms in total. The summed E-state index contributed by atoms with van der Waals surface area (Å²) in [5.41, 5.74) is 9.75. The Balaban J connectivity index is 0.00000242. The van der Waals surface area contributed by atoms with Gasteiger partial charge in [-0.25, -0.2) is 4.39 Å². The van der Waals surface area contributed by atoms with Gasteiger partial charge in [-0.3, -0.25) is 4.99 Å². The van der Waals surface area contributed by atoms with Gasteiger partial charge in [-0.2, -0.15) is 0 Å². The number of anilines is 1. The van der Waals surface area contributed by atoms with Gasteiger partial charge in [-0.1, -0.05) is 24.3 Å². The predicted molar refractivity (Wildman–Crippen MR) is 102 cm³/mol. The molecular formula is C17H21FIN3. The number of rotatable bonds is 4. The van der Waals surface area contributed by atoms with Gasteiger partial charge in [0.25, 0.3) is 0 Å². The molecule has 2 aromatic carbocycles. The van der Waals surface area contributed by atoms with Gasteiger partial charge in [0.15, 0.2) is 5.96 Å². The molecule has 3 N–H and O–H groups in total. The molecule has 0 heterocycles. The summed E-state index contributed by atoms with van der Waals surface area (Å²) >= 11 is 0. The molecule has 0 atom stereocenters. The highest BCUT2D eigenvalue weighted by Gasteiger charge is 2.00. The van der Waals surface area contributed by atoms with E-state index in [-0.39, 0.29) is 29.8 Å². The van der Waals surface area contributed by atoms with Gasteiger partial charge < -0.3 is 11.1 Å².